The number of benzene rings is 2. The van der Waals surface area contributed by atoms with Crippen LogP contribution in [0.3, 0.4) is 0 Å². The molecule has 0 aromatic heterocycles. The molecule has 0 spiro atoms. The van der Waals surface area contributed by atoms with Crippen LogP contribution in [0.2, 0.25) is 0 Å². The zero-order chi connectivity index (χ0) is 21.9. The lowest BCUT2D eigenvalue weighted by Gasteiger charge is -2.32. The van der Waals surface area contributed by atoms with Gasteiger partial charge >= 0.3 is 0 Å². The van der Waals surface area contributed by atoms with Crippen molar-refractivity contribution in [2.45, 2.75) is 66.2 Å². The normalized spacial score (nSPS) is 14.1. The number of hydrogen-bond acceptors (Lipinski definition) is 3. The number of piperidine rings is 1. The van der Waals surface area contributed by atoms with Crippen LogP contribution in [0.15, 0.2) is 49.0 Å². The number of anilines is 2. The Labute approximate surface area is 183 Å². The number of phenols is 1. The predicted octanol–water partition coefficient (Wildman–Crippen LogP) is 7.61. The summed E-state index contributed by atoms with van der Waals surface area (Å²) in [6.45, 7) is 15.1. The van der Waals surface area contributed by atoms with Crippen LogP contribution in [0.5, 0.6) is 5.75 Å². The molecule has 0 amide bonds. The van der Waals surface area contributed by atoms with E-state index in [-0.39, 0.29) is 5.75 Å². The molecule has 0 atom stereocenters. The number of para-hydroxylation sites is 1. The second-order valence-corrected chi connectivity index (χ2v) is 8.50. The third-order valence-corrected chi connectivity index (χ3v) is 5.84. The number of nitrogens with one attached hydrogen (secondary N) is 1. The number of hydrogen-bond donors (Lipinski definition) is 2. The first-order valence-corrected chi connectivity index (χ1v) is 11.6. The molecule has 0 aliphatic carbocycles. The van der Waals surface area contributed by atoms with Gasteiger partial charge in [-0.3, -0.25) is 0 Å². The zero-order valence-electron chi connectivity index (χ0n) is 19.4. The third kappa shape index (κ3) is 7.12. The second-order valence-electron chi connectivity index (χ2n) is 8.50. The highest BCUT2D eigenvalue weighted by Gasteiger charge is 2.17. The molecule has 1 fully saturated rings. The first-order chi connectivity index (χ1) is 14.5. The van der Waals surface area contributed by atoms with Crippen molar-refractivity contribution in [1.29, 1.82) is 0 Å². The van der Waals surface area contributed by atoms with Gasteiger partial charge in [-0.25, -0.2) is 0 Å². The van der Waals surface area contributed by atoms with Crippen molar-refractivity contribution >= 4 is 17.1 Å². The van der Waals surface area contributed by atoms with E-state index in [0.29, 0.717) is 5.70 Å². The Hall–Kier alpha value is -2.42. The van der Waals surface area contributed by atoms with E-state index in [1.165, 1.54) is 38.5 Å². The summed E-state index contributed by atoms with van der Waals surface area (Å²) in [5, 5.41) is 13.6. The van der Waals surface area contributed by atoms with E-state index in [0.717, 1.165) is 41.5 Å². The first-order valence-electron chi connectivity index (χ1n) is 11.6. The highest BCUT2D eigenvalue weighted by Crippen LogP contribution is 2.32. The van der Waals surface area contributed by atoms with Gasteiger partial charge in [0.1, 0.15) is 5.75 Å². The second kappa shape index (κ2) is 12.3. The van der Waals surface area contributed by atoms with E-state index in [4.69, 9.17) is 0 Å². The topological polar surface area (TPSA) is 35.5 Å². The molecule has 30 heavy (non-hydrogen) atoms. The molecular formula is C27H40N2O. The van der Waals surface area contributed by atoms with Crippen LogP contribution in [0.25, 0.3) is 5.70 Å². The van der Waals surface area contributed by atoms with Crippen LogP contribution >= 0.6 is 0 Å². The monoisotopic (exact) mass is 408 g/mol. The number of phenolic OH excluding ortho intramolecular Hbond substituents is 1. The van der Waals surface area contributed by atoms with E-state index in [1.54, 1.807) is 6.07 Å². The maximum atomic E-state index is 10.3. The van der Waals surface area contributed by atoms with Crippen molar-refractivity contribution in [2.24, 2.45) is 5.92 Å². The molecule has 0 saturated carbocycles. The Balaban J connectivity index is 0.000000469. The molecule has 1 saturated heterocycles. The fourth-order valence-electron chi connectivity index (χ4n) is 3.67. The summed E-state index contributed by atoms with van der Waals surface area (Å²) in [6.07, 6.45) is 7.98. The Morgan fingerprint density at radius 2 is 1.70 bits per heavy atom. The highest BCUT2D eigenvalue weighted by atomic mass is 16.3. The lowest BCUT2D eigenvalue weighted by atomic mass is 9.98. The van der Waals surface area contributed by atoms with Crippen LogP contribution < -0.4 is 10.2 Å². The number of unbranched alkanes of at least 4 members (excludes halogenated alkanes) is 3. The summed E-state index contributed by atoms with van der Waals surface area (Å²) in [4.78, 5) is 2.39. The lowest BCUT2D eigenvalue weighted by molar-refractivity contribution is 0.438. The maximum Gasteiger partial charge on any atom is 0.125 e. The molecule has 0 radical (unpaired) electrons. The number of aromatic hydroxyl groups is 1. The summed E-state index contributed by atoms with van der Waals surface area (Å²) in [7, 11) is 0. The molecule has 2 aromatic carbocycles. The standard InChI is InChI=1S/C21H26N2O.C6H14/c1-15-10-12-23(13-11-15)18-8-9-21(24)19(14-18)17(3)22-20-7-5-4-6-16(20)2;1-3-5-6-4-2/h4-9,14-15,22,24H,3,10-13H2,1-2H3;3-6H2,1-2H3. The molecule has 0 unspecified atom stereocenters. The van der Waals surface area contributed by atoms with Crippen LogP contribution in [-0.2, 0) is 0 Å². The first kappa shape index (κ1) is 23.9. The fourth-order valence-corrected chi connectivity index (χ4v) is 3.67. The maximum absolute atomic E-state index is 10.3. The van der Waals surface area contributed by atoms with Crippen molar-refractivity contribution in [3.63, 3.8) is 0 Å². The Morgan fingerprint density at radius 3 is 2.30 bits per heavy atom. The van der Waals surface area contributed by atoms with Gasteiger partial charge in [-0.05, 0) is 55.5 Å². The van der Waals surface area contributed by atoms with E-state index in [9.17, 15) is 5.11 Å². The summed E-state index contributed by atoms with van der Waals surface area (Å²) in [6, 6.07) is 13.9. The van der Waals surface area contributed by atoms with Gasteiger partial charge < -0.3 is 15.3 Å². The third-order valence-electron chi connectivity index (χ3n) is 5.84. The van der Waals surface area contributed by atoms with Crippen LogP contribution in [0, 0.1) is 12.8 Å². The molecule has 2 N–H and O–H groups in total. The van der Waals surface area contributed by atoms with Gasteiger partial charge in [0.25, 0.3) is 0 Å². The summed E-state index contributed by atoms with van der Waals surface area (Å²) < 4.78 is 0. The lowest BCUT2D eigenvalue weighted by Crippen LogP contribution is -2.32. The molecule has 164 valence electrons. The number of aryl methyl sites for hydroxylation is 1. The Bertz CT molecular complexity index is 787. The smallest absolute Gasteiger partial charge is 0.125 e. The Kier molecular flexibility index (Phi) is 9.79. The largest absolute Gasteiger partial charge is 0.507 e. The summed E-state index contributed by atoms with van der Waals surface area (Å²) >= 11 is 0. The SMILES string of the molecule is C=C(Nc1ccccc1C)c1cc(N2CCC(C)CC2)ccc1O.CCCCCC. The van der Waals surface area contributed by atoms with Crippen LogP contribution in [0.4, 0.5) is 11.4 Å². The minimum atomic E-state index is 0.259. The summed E-state index contributed by atoms with van der Waals surface area (Å²) in [5.41, 5.74) is 4.80. The molecule has 1 aliphatic rings. The predicted molar refractivity (Wildman–Crippen MR) is 132 cm³/mol. The quantitative estimate of drug-likeness (QED) is 0.463. The van der Waals surface area contributed by atoms with Gasteiger partial charge in [-0.15, -0.1) is 0 Å². The average Bonchev–Trinajstić information content (AvgIpc) is 2.75. The van der Waals surface area contributed by atoms with Gasteiger partial charge in [0.2, 0.25) is 0 Å². The van der Waals surface area contributed by atoms with E-state index >= 15 is 0 Å². The molecule has 3 heteroatoms. The van der Waals surface area contributed by atoms with Gasteiger partial charge in [0.05, 0.1) is 0 Å². The molecular weight excluding hydrogens is 368 g/mol. The molecule has 3 nitrogen and oxygen atoms in total. The van der Waals surface area contributed by atoms with Crippen molar-refractivity contribution < 1.29 is 5.11 Å². The van der Waals surface area contributed by atoms with Crippen molar-refractivity contribution in [2.75, 3.05) is 23.3 Å². The highest BCUT2D eigenvalue weighted by molar-refractivity contribution is 5.81. The molecule has 0 bridgehead atoms. The van der Waals surface area contributed by atoms with E-state index < -0.39 is 0 Å². The van der Waals surface area contributed by atoms with Gasteiger partial charge in [-0.2, -0.15) is 0 Å². The molecule has 1 aliphatic heterocycles. The molecule has 2 aromatic rings. The molecule has 1 heterocycles. The number of rotatable bonds is 7. The van der Waals surface area contributed by atoms with Crippen LogP contribution in [0.1, 0.15) is 70.4 Å². The molecule has 3 rings (SSSR count). The fraction of sp³-hybridized carbons (Fsp3) is 0.481. The van der Waals surface area contributed by atoms with Crippen molar-refractivity contribution in [3.8, 4) is 5.75 Å². The van der Waals surface area contributed by atoms with Gasteiger partial charge in [0.15, 0.2) is 0 Å². The van der Waals surface area contributed by atoms with Crippen molar-refractivity contribution in [1.82, 2.24) is 0 Å². The number of nitrogens with zero attached hydrogens (tertiary/aromatic N) is 1. The minimum absolute atomic E-state index is 0.259. The van der Waals surface area contributed by atoms with Gasteiger partial charge in [0, 0.05) is 35.7 Å². The van der Waals surface area contributed by atoms with E-state index in [2.05, 4.69) is 50.6 Å². The van der Waals surface area contributed by atoms with Crippen molar-refractivity contribution in [3.05, 3.63) is 60.2 Å². The summed E-state index contributed by atoms with van der Waals surface area (Å²) in [5.74, 6) is 1.06. The van der Waals surface area contributed by atoms with Crippen LogP contribution in [-0.4, -0.2) is 18.2 Å². The van der Waals surface area contributed by atoms with E-state index in [1.807, 2.05) is 30.3 Å². The Morgan fingerprint density at radius 1 is 1.07 bits per heavy atom. The average molecular weight is 409 g/mol. The van der Waals surface area contributed by atoms with Gasteiger partial charge in [-0.1, -0.05) is 71.2 Å². The minimum Gasteiger partial charge on any atom is -0.507 e. The zero-order valence-corrected chi connectivity index (χ0v) is 19.4.